The zero-order valence-electron chi connectivity index (χ0n) is 13.1. The van der Waals surface area contributed by atoms with Gasteiger partial charge in [0, 0.05) is 37.0 Å². The van der Waals surface area contributed by atoms with Gasteiger partial charge in [-0.25, -0.2) is 0 Å². The number of hydrogen-bond acceptors (Lipinski definition) is 4. The first-order valence-corrected chi connectivity index (χ1v) is 7.94. The van der Waals surface area contributed by atoms with Crippen molar-refractivity contribution in [3.05, 3.63) is 28.8 Å². The third-order valence-electron chi connectivity index (χ3n) is 4.20. The topological polar surface area (TPSA) is 67.6 Å². The molecular weight excluding hydrogens is 302 g/mol. The number of carbonyl (C=O) groups is 1. The second-order valence-corrected chi connectivity index (χ2v) is 6.19. The normalized spacial score (nSPS) is 22.5. The van der Waals surface area contributed by atoms with E-state index in [1.54, 1.807) is 13.2 Å². The zero-order valence-corrected chi connectivity index (χ0v) is 13.9. The Hall–Kier alpha value is -1.14. The molecule has 0 aliphatic carbocycles. The molecule has 2 unspecified atom stereocenters. The maximum Gasteiger partial charge on any atom is 0.238 e. The van der Waals surface area contributed by atoms with Crippen LogP contribution in [-0.4, -0.2) is 49.7 Å². The number of likely N-dealkylation sites (tertiary alicyclic amines) is 1. The largest absolute Gasteiger partial charge is 0.381 e. The summed E-state index contributed by atoms with van der Waals surface area (Å²) in [5.41, 5.74) is 7.59. The van der Waals surface area contributed by atoms with Gasteiger partial charge in [-0.1, -0.05) is 11.6 Å². The number of halogens is 1. The number of carbonyl (C=O) groups excluding carboxylic acids is 1. The van der Waals surface area contributed by atoms with E-state index in [-0.39, 0.29) is 18.1 Å². The Kier molecular flexibility index (Phi) is 6.20. The molecule has 1 fully saturated rings. The Bertz CT molecular complexity index is 524. The number of nitrogens with two attached hydrogens (primary N) is 1. The lowest BCUT2D eigenvalue weighted by atomic mass is 9.99. The van der Waals surface area contributed by atoms with Crippen molar-refractivity contribution in [3.63, 3.8) is 0 Å². The van der Waals surface area contributed by atoms with Crippen LogP contribution in [0.4, 0.5) is 5.69 Å². The van der Waals surface area contributed by atoms with E-state index in [0.29, 0.717) is 18.1 Å². The highest BCUT2D eigenvalue weighted by atomic mass is 35.5. The van der Waals surface area contributed by atoms with Gasteiger partial charge in [0.15, 0.2) is 0 Å². The maximum atomic E-state index is 12.3. The maximum absolute atomic E-state index is 12.3. The lowest BCUT2D eigenvalue weighted by molar-refractivity contribution is -0.118. The number of nitrogens with zero attached hydrogens (tertiary/aromatic N) is 1. The van der Waals surface area contributed by atoms with Crippen LogP contribution in [0.25, 0.3) is 0 Å². The molecule has 5 nitrogen and oxygen atoms in total. The number of anilines is 1. The standard InChI is InChI=1S/C16H24ClN3O2/c1-11-7-12(17)3-4-15(11)19-16(21)10-20-6-5-14(22-2)8-13(20)9-18/h3-4,7,13-14H,5-6,8-10,18H2,1-2H3,(H,19,21). The Morgan fingerprint density at radius 2 is 2.32 bits per heavy atom. The van der Waals surface area contributed by atoms with Gasteiger partial charge in [0.25, 0.3) is 0 Å². The molecule has 3 N–H and O–H groups in total. The Balaban J connectivity index is 1.93. The summed E-state index contributed by atoms with van der Waals surface area (Å²) in [4.78, 5) is 14.4. The van der Waals surface area contributed by atoms with Crippen molar-refractivity contribution in [2.24, 2.45) is 5.73 Å². The fourth-order valence-electron chi connectivity index (χ4n) is 2.87. The zero-order chi connectivity index (χ0) is 16.1. The van der Waals surface area contributed by atoms with Gasteiger partial charge in [-0.3, -0.25) is 9.69 Å². The van der Waals surface area contributed by atoms with E-state index in [1.807, 2.05) is 19.1 Å². The highest BCUT2D eigenvalue weighted by Gasteiger charge is 2.28. The number of hydrogen-bond donors (Lipinski definition) is 2. The summed E-state index contributed by atoms with van der Waals surface area (Å²) in [6, 6.07) is 5.63. The van der Waals surface area contributed by atoms with Crippen molar-refractivity contribution in [2.45, 2.75) is 31.9 Å². The predicted molar refractivity (Wildman–Crippen MR) is 89.3 cm³/mol. The first kappa shape index (κ1) is 17.2. The third-order valence-corrected chi connectivity index (χ3v) is 4.44. The van der Waals surface area contributed by atoms with Crippen molar-refractivity contribution in [1.29, 1.82) is 0 Å². The minimum atomic E-state index is -0.0280. The van der Waals surface area contributed by atoms with Crippen LogP contribution in [0.2, 0.25) is 5.02 Å². The average Bonchev–Trinajstić information content (AvgIpc) is 2.50. The monoisotopic (exact) mass is 325 g/mol. The highest BCUT2D eigenvalue weighted by molar-refractivity contribution is 6.30. The molecule has 1 aromatic rings. The molecule has 1 saturated heterocycles. The van der Waals surface area contributed by atoms with E-state index >= 15 is 0 Å². The quantitative estimate of drug-likeness (QED) is 0.869. The van der Waals surface area contributed by atoms with Crippen LogP contribution in [0, 0.1) is 6.92 Å². The van der Waals surface area contributed by atoms with Crippen LogP contribution in [0.1, 0.15) is 18.4 Å². The molecule has 122 valence electrons. The summed E-state index contributed by atoms with van der Waals surface area (Å²) in [5.74, 6) is -0.0280. The number of ether oxygens (including phenoxy) is 1. The molecule has 0 bridgehead atoms. The van der Waals surface area contributed by atoms with E-state index in [0.717, 1.165) is 30.6 Å². The average molecular weight is 326 g/mol. The molecule has 1 aromatic carbocycles. The third kappa shape index (κ3) is 4.43. The van der Waals surface area contributed by atoms with Gasteiger partial charge >= 0.3 is 0 Å². The van der Waals surface area contributed by atoms with Gasteiger partial charge in [0.05, 0.1) is 12.6 Å². The minimum Gasteiger partial charge on any atom is -0.381 e. The Labute approximate surface area is 136 Å². The lowest BCUT2D eigenvalue weighted by Crippen LogP contribution is -2.51. The highest BCUT2D eigenvalue weighted by Crippen LogP contribution is 2.21. The summed E-state index contributed by atoms with van der Waals surface area (Å²) in [5, 5.41) is 3.61. The molecule has 0 spiro atoms. The van der Waals surface area contributed by atoms with Gasteiger partial charge in [-0.2, -0.15) is 0 Å². The summed E-state index contributed by atoms with van der Waals surface area (Å²) in [6.45, 7) is 3.63. The van der Waals surface area contributed by atoms with Crippen LogP contribution in [0.15, 0.2) is 18.2 Å². The number of methoxy groups -OCH3 is 1. The number of benzene rings is 1. The fraction of sp³-hybridized carbons (Fsp3) is 0.562. The summed E-state index contributed by atoms with van der Waals surface area (Å²) >= 11 is 5.93. The van der Waals surface area contributed by atoms with Gasteiger partial charge in [0.2, 0.25) is 5.91 Å². The first-order valence-electron chi connectivity index (χ1n) is 7.56. The van der Waals surface area contributed by atoms with Crippen LogP contribution < -0.4 is 11.1 Å². The second kappa shape index (κ2) is 7.92. The van der Waals surface area contributed by atoms with Crippen LogP contribution in [0.5, 0.6) is 0 Å². The van der Waals surface area contributed by atoms with E-state index in [4.69, 9.17) is 22.1 Å². The molecule has 0 aromatic heterocycles. The molecular formula is C16H24ClN3O2. The SMILES string of the molecule is COC1CCN(CC(=O)Nc2ccc(Cl)cc2C)C(CN)C1. The molecule has 6 heteroatoms. The molecule has 0 saturated carbocycles. The van der Waals surface area contributed by atoms with E-state index < -0.39 is 0 Å². The molecule has 1 aliphatic heterocycles. The van der Waals surface area contributed by atoms with Crippen molar-refractivity contribution in [1.82, 2.24) is 4.90 Å². The number of amides is 1. The molecule has 1 heterocycles. The molecule has 2 atom stereocenters. The Morgan fingerprint density at radius 3 is 2.95 bits per heavy atom. The summed E-state index contributed by atoms with van der Waals surface area (Å²) in [7, 11) is 1.73. The van der Waals surface area contributed by atoms with E-state index in [2.05, 4.69) is 10.2 Å². The van der Waals surface area contributed by atoms with Crippen molar-refractivity contribution >= 4 is 23.2 Å². The predicted octanol–water partition coefficient (Wildman–Crippen LogP) is 2.03. The number of nitrogens with one attached hydrogen (secondary N) is 1. The molecule has 1 amide bonds. The molecule has 2 rings (SSSR count). The van der Waals surface area contributed by atoms with Crippen LogP contribution in [-0.2, 0) is 9.53 Å². The van der Waals surface area contributed by atoms with Crippen molar-refractivity contribution in [2.75, 3.05) is 32.1 Å². The molecule has 22 heavy (non-hydrogen) atoms. The first-order chi connectivity index (χ1) is 10.5. The van der Waals surface area contributed by atoms with Gasteiger partial charge < -0.3 is 15.8 Å². The number of aryl methyl sites for hydroxylation is 1. The van der Waals surface area contributed by atoms with Crippen LogP contribution in [0.3, 0.4) is 0 Å². The lowest BCUT2D eigenvalue weighted by Gasteiger charge is -2.37. The number of piperidine rings is 1. The summed E-state index contributed by atoms with van der Waals surface area (Å²) < 4.78 is 5.40. The van der Waals surface area contributed by atoms with Crippen molar-refractivity contribution in [3.8, 4) is 0 Å². The minimum absolute atomic E-state index is 0.0280. The second-order valence-electron chi connectivity index (χ2n) is 5.75. The fourth-order valence-corrected chi connectivity index (χ4v) is 3.10. The Morgan fingerprint density at radius 1 is 1.55 bits per heavy atom. The molecule has 1 aliphatic rings. The van der Waals surface area contributed by atoms with E-state index in [1.165, 1.54) is 0 Å². The smallest absolute Gasteiger partial charge is 0.238 e. The summed E-state index contributed by atoms with van der Waals surface area (Å²) in [6.07, 6.45) is 2.05. The van der Waals surface area contributed by atoms with Crippen molar-refractivity contribution < 1.29 is 9.53 Å². The van der Waals surface area contributed by atoms with Gasteiger partial charge in [-0.15, -0.1) is 0 Å². The molecule has 0 radical (unpaired) electrons. The van der Waals surface area contributed by atoms with Gasteiger partial charge in [0.1, 0.15) is 0 Å². The number of rotatable bonds is 5. The van der Waals surface area contributed by atoms with Crippen LogP contribution >= 0.6 is 11.6 Å². The van der Waals surface area contributed by atoms with E-state index in [9.17, 15) is 4.79 Å². The van der Waals surface area contributed by atoms with Gasteiger partial charge in [-0.05, 0) is 43.5 Å².